The average Bonchev–Trinajstić information content (AvgIpc) is 2.57. The third kappa shape index (κ3) is 2.94. The lowest BCUT2D eigenvalue weighted by atomic mass is 10.0. The Hall–Kier alpha value is -3.15. The largest absolute Gasteiger partial charge is 0.486 e. The molecule has 0 spiro atoms. The molecule has 1 N–H and O–H groups in total. The molecule has 0 bridgehead atoms. The molecule has 0 aliphatic carbocycles. The van der Waals surface area contributed by atoms with Crippen molar-refractivity contribution in [2.75, 3.05) is 13.1 Å². The summed E-state index contributed by atoms with van der Waals surface area (Å²) in [4.78, 5) is 28.8. The van der Waals surface area contributed by atoms with E-state index < -0.39 is 11.4 Å². The Morgan fingerprint density at radius 2 is 1.96 bits per heavy atom. The SMILES string of the molecule is Cc1ccccc1OC1CN(C(=O)c2cc(=O)[nH]c3cc(F)ccc23)C1. The number of amides is 1. The Morgan fingerprint density at radius 1 is 1.19 bits per heavy atom. The molecule has 0 unspecified atom stereocenters. The van der Waals surface area contributed by atoms with Crippen LogP contribution in [0, 0.1) is 12.7 Å². The van der Waals surface area contributed by atoms with Gasteiger partial charge in [-0.1, -0.05) is 18.2 Å². The number of rotatable bonds is 3. The second-order valence-electron chi connectivity index (χ2n) is 6.45. The maximum Gasteiger partial charge on any atom is 0.255 e. The zero-order valence-corrected chi connectivity index (χ0v) is 14.2. The molecule has 1 aliphatic heterocycles. The zero-order valence-electron chi connectivity index (χ0n) is 14.2. The molecule has 5 nitrogen and oxygen atoms in total. The fourth-order valence-corrected chi connectivity index (χ4v) is 3.13. The Kier molecular flexibility index (Phi) is 3.95. The molecule has 1 aliphatic rings. The molecular weight excluding hydrogens is 335 g/mol. The van der Waals surface area contributed by atoms with Crippen molar-refractivity contribution in [1.82, 2.24) is 9.88 Å². The zero-order chi connectivity index (χ0) is 18.3. The lowest BCUT2D eigenvalue weighted by Crippen LogP contribution is -2.56. The Bertz CT molecular complexity index is 1050. The highest BCUT2D eigenvalue weighted by Gasteiger charge is 2.33. The van der Waals surface area contributed by atoms with Crippen LogP contribution in [0.5, 0.6) is 5.75 Å². The molecule has 0 radical (unpaired) electrons. The van der Waals surface area contributed by atoms with Crippen molar-refractivity contribution in [3.05, 3.63) is 75.8 Å². The maximum atomic E-state index is 13.4. The molecule has 1 aromatic heterocycles. The van der Waals surface area contributed by atoms with Gasteiger partial charge in [-0.3, -0.25) is 9.59 Å². The second kappa shape index (κ2) is 6.29. The summed E-state index contributed by atoms with van der Waals surface area (Å²) >= 11 is 0. The number of aryl methyl sites for hydroxylation is 1. The van der Waals surface area contributed by atoms with Crippen molar-refractivity contribution in [2.24, 2.45) is 0 Å². The van der Waals surface area contributed by atoms with Crippen LogP contribution in [0.4, 0.5) is 4.39 Å². The number of pyridine rings is 1. The van der Waals surface area contributed by atoms with Gasteiger partial charge in [-0.05, 0) is 36.8 Å². The second-order valence-corrected chi connectivity index (χ2v) is 6.45. The molecule has 4 rings (SSSR count). The van der Waals surface area contributed by atoms with Gasteiger partial charge in [0.2, 0.25) is 5.56 Å². The first-order chi connectivity index (χ1) is 12.5. The van der Waals surface area contributed by atoms with Gasteiger partial charge < -0.3 is 14.6 Å². The van der Waals surface area contributed by atoms with Crippen molar-refractivity contribution in [2.45, 2.75) is 13.0 Å². The van der Waals surface area contributed by atoms with Crippen LogP contribution in [-0.2, 0) is 0 Å². The van der Waals surface area contributed by atoms with Crippen LogP contribution >= 0.6 is 0 Å². The number of hydrogen-bond donors (Lipinski definition) is 1. The van der Waals surface area contributed by atoms with Crippen molar-refractivity contribution in [1.29, 1.82) is 0 Å². The van der Waals surface area contributed by atoms with Gasteiger partial charge in [0.25, 0.3) is 5.91 Å². The summed E-state index contributed by atoms with van der Waals surface area (Å²) in [5.74, 6) is 0.0902. The predicted molar refractivity (Wildman–Crippen MR) is 96.0 cm³/mol. The number of H-pyrrole nitrogens is 1. The Balaban J connectivity index is 1.52. The van der Waals surface area contributed by atoms with Gasteiger partial charge in [0.15, 0.2) is 0 Å². The maximum absolute atomic E-state index is 13.4. The highest BCUT2D eigenvalue weighted by molar-refractivity contribution is 6.06. The molecule has 2 aromatic carbocycles. The van der Waals surface area contributed by atoms with Crippen LogP contribution in [0.2, 0.25) is 0 Å². The van der Waals surface area contributed by atoms with Gasteiger partial charge in [-0.2, -0.15) is 0 Å². The van der Waals surface area contributed by atoms with Crippen LogP contribution in [0.3, 0.4) is 0 Å². The number of carbonyl (C=O) groups excluding carboxylic acids is 1. The number of para-hydroxylation sites is 1. The third-order valence-electron chi connectivity index (χ3n) is 4.56. The van der Waals surface area contributed by atoms with Crippen molar-refractivity contribution in [3.8, 4) is 5.75 Å². The number of aromatic nitrogens is 1. The van der Waals surface area contributed by atoms with E-state index in [4.69, 9.17) is 4.74 Å². The first kappa shape index (κ1) is 16.3. The van der Waals surface area contributed by atoms with E-state index in [0.29, 0.717) is 24.0 Å². The van der Waals surface area contributed by atoms with Gasteiger partial charge in [0.05, 0.1) is 24.2 Å². The lowest BCUT2D eigenvalue weighted by molar-refractivity contribution is 0.0177. The molecule has 3 aromatic rings. The number of fused-ring (bicyclic) bond motifs is 1. The van der Waals surface area contributed by atoms with Gasteiger partial charge in [0.1, 0.15) is 17.7 Å². The Labute approximate surface area is 149 Å². The van der Waals surface area contributed by atoms with Crippen LogP contribution in [0.1, 0.15) is 15.9 Å². The summed E-state index contributed by atoms with van der Waals surface area (Å²) in [7, 11) is 0. The summed E-state index contributed by atoms with van der Waals surface area (Å²) < 4.78 is 19.3. The minimum Gasteiger partial charge on any atom is -0.486 e. The summed E-state index contributed by atoms with van der Waals surface area (Å²) in [6.07, 6.45) is -0.0780. The molecule has 6 heteroatoms. The molecule has 1 saturated heterocycles. The molecule has 0 saturated carbocycles. The van der Waals surface area contributed by atoms with E-state index in [-0.39, 0.29) is 17.6 Å². The summed E-state index contributed by atoms with van der Waals surface area (Å²) in [6, 6.07) is 13.0. The predicted octanol–water partition coefficient (Wildman–Crippen LogP) is 2.88. The van der Waals surface area contributed by atoms with E-state index in [2.05, 4.69) is 4.98 Å². The fourth-order valence-electron chi connectivity index (χ4n) is 3.13. The number of benzene rings is 2. The van der Waals surface area contributed by atoms with E-state index >= 15 is 0 Å². The number of carbonyl (C=O) groups is 1. The average molecular weight is 352 g/mol. The third-order valence-corrected chi connectivity index (χ3v) is 4.56. The number of nitrogens with one attached hydrogen (secondary N) is 1. The summed E-state index contributed by atoms with van der Waals surface area (Å²) in [5, 5.41) is 0.527. The number of aromatic amines is 1. The number of hydrogen-bond acceptors (Lipinski definition) is 3. The summed E-state index contributed by atoms with van der Waals surface area (Å²) in [5.41, 5.74) is 1.20. The van der Waals surface area contributed by atoms with Crippen molar-refractivity contribution in [3.63, 3.8) is 0 Å². The van der Waals surface area contributed by atoms with E-state index in [1.807, 2.05) is 31.2 Å². The van der Waals surface area contributed by atoms with E-state index in [1.165, 1.54) is 24.3 Å². The number of halogens is 1. The van der Waals surface area contributed by atoms with E-state index in [1.54, 1.807) is 4.90 Å². The van der Waals surface area contributed by atoms with Crippen LogP contribution in [-0.4, -0.2) is 35.0 Å². The topological polar surface area (TPSA) is 62.4 Å². The number of nitrogens with zero attached hydrogens (tertiary/aromatic N) is 1. The van der Waals surface area contributed by atoms with Crippen LogP contribution in [0.25, 0.3) is 10.9 Å². The smallest absolute Gasteiger partial charge is 0.255 e. The molecular formula is C20H17FN2O3. The van der Waals surface area contributed by atoms with Crippen molar-refractivity contribution >= 4 is 16.8 Å². The minimum absolute atomic E-state index is 0.0780. The highest BCUT2D eigenvalue weighted by atomic mass is 19.1. The quantitative estimate of drug-likeness (QED) is 0.788. The Morgan fingerprint density at radius 3 is 2.73 bits per heavy atom. The van der Waals surface area contributed by atoms with E-state index in [0.717, 1.165) is 11.3 Å². The van der Waals surface area contributed by atoms with Crippen LogP contribution < -0.4 is 10.3 Å². The molecule has 26 heavy (non-hydrogen) atoms. The lowest BCUT2D eigenvalue weighted by Gasteiger charge is -2.39. The summed E-state index contributed by atoms with van der Waals surface area (Å²) in [6.45, 7) is 2.86. The van der Waals surface area contributed by atoms with Gasteiger partial charge >= 0.3 is 0 Å². The standard InChI is InChI=1S/C20H17FN2O3/c1-12-4-2-3-5-18(12)26-14-10-23(11-14)20(25)16-9-19(24)22-17-8-13(21)6-7-15(16)17/h2-9,14H,10-11H2,1H3,(H,22,24). The molecule has 132 valence electrons. The minimum atomic E-state index is -0.464. The van der Waals surface area contributed by atoms with Gasteiger partial charge in [-0.15, -0.1) is 0 Å². The first-order valence-electron chi connectivity index (χ1n) is 8.35. The number of ether oxygens (including phenoxy) is 1. The van der Waals surface area contributed by atoms with Crippen LogP contribution in [0.15, 0.2) is 53.3 Å². The fraction of sp³-hybridized carbons (Fsp3) is 0.200. The molecule has 2 heterocycles. The molecule has 1 fully saturated rings. The monoisotopic (exact) mass is 352 g/mol. The van der Waals surface area contributed by atoms with Gasteiger partial charge in [-0.25, -0.2) is 4.39 Å². The molecule has 0 atom stereocenters. The van der Waals surface area contributed by atoms with Crippen molar-refractivity contribution < 1.29 is 13.9 Å². The van der Waals surface area contributed by atoms with E-state index in [9.17, 15) is 14.0 Å². The van der Waals surface area contributed by atoms with Gasteiger partial charge in [0, 0.05) is 11.5 Å². The molecule has 1 amide bonds. The highest BCUT2D eigenvalue weighted by Crippen LogP contribution is 2.24. The normalized spacial score (nSPS) is 14.3. The number of likely N-dealkylation sites (tertiary alicyclic amines) is 1. The first-order valence-corrected chi connectivity index (χ1v) is 8.35.